The minimum Gasteiger partial charge on any atom is -0.377 e. The van der Waals surface area contributed by atoms with Gasteiger partial charge >= 0.3 is 6.03 Å². The van der Waals surface area contributed by atoms with Crippen LogP contribution in [-0.2, 0) is 9.47 Å². The molecule has 6 heteroatoms. The summed E-state index contributed by atoms with van der Waals surface area (Å²) < 4.78 is 10.3. The summed E-state index contributed by atoms with van der Waals surface area (Å²) in [5, 5.41) is 5.73. The number of primary amides is 1. The number of rotatable bonds is 6. The number of nitrogens with two attached hydrogens (primary N) is 1. The van der Waals surface area contributed by atoms with Gasteiger partial charge in [0.15, 0.2) is 6.29 Å². The quantitative estimate of drug-likeness (QED) is 0.672. The molecule has 0 fully saturated rings. The Labute approximate surface area is 106 Å². The second-order valence-electron chi connectivity index (χ2n) is 3.84. The molecule has 18 heavy (non-hydrogen) atoms. The molecule has 1 aromatic carbocycles. The first-order chi connectivity index (χ1) is 8.56. The number of nitrogens with one attached hydrogen (secondary N) is 2. The van der Waals surface area contributed by atoms with Gasteiger partial charge in [0.1, 0.15) is 0 Å². The number of methoxy groups -OCH3 is 2. The molecule has 1 aromatic rings. The van der Waals surface area contributed by atoms with Crippen LogP contribution in [0.5, 0.6) is 0 Å². The van der Waals surface area contributed by atoms with E-state index in [4.69, 9.17) is 15.2 Å². The van der Waals surface area contributed by atoms with Crippen LogP contribution in [0.1, 0.15) is 6.92 Å². The molecule has 4 N–H and O–H groups in total. The Morgan fingerprint density at radius 2 is 1.89 bits per heavy atom. The van der Waals surface area contributed by atoms with Crippen LogP contribution in [0.4, 0.5) is 16.2 Å². The van der Waals surface area contributed by atoms with E-state index in [1.165, 1.54) is 0 Å². The number of carbonyl (C=O) groups excluding carboxylic acids is 1. The summed E-state index contributed by atoms with van der Waals surface area (Å²) in [7, 11) is 3.16. The number of hydrogen-bond donors (Lipinski definition) is 3. The summed E-state index contributed by atoms with van der Waals surface area (Å²) in [4.78, 5) is 10.8. The molecule has 0 saturated carbocycles. The van der Waals surface area contributed by atoms with E-state index in [-0.39, 0.29) is 12.3 Å². The minimum absolute atomic E-state index is 0.0381. The Bertz CT molecular complexity index is 394. The number of ether oxygens (including phenoxy) is 2. The molecule has 0 bridgehead atoms. The normalized spacial score (nSPS) is 12.2. The lowest BCUT2D eigenvalue weighted by Crippen LogP contribution is -2.33. The Kier molecular flexibility index (Phi) is 5.41. The van der Waals surface area contributed by atoms with Gasteiger partial charge in [-0.05, 0) is 25.1 Å². The zero-order chi connectivity index (χ0) is 13.5. The second kappa shape index (κ2) is 6.83. The van der Waals surface area contributed by atoms with E-state index in [0.29, 0.717) is 5.69 Å². The van der Waals surface area contributed by atoms with E-state index in [2.05, 4.69) is 10.6 Å². The van der Waals surface area contributed by atoms with Crippen LogP contribution in [0.15, 0.2) is 24.3 Å². The summed E-state index contributed by atoms with van der Waals surface area (Å²) in [6, 6.07) is 6.60. The van der Waals surface area contributed by atoms with Crippen LogP contribution in [0, 0.1) is 0 Å². The summed E-state index contributed by atoms with van der Waals surface area (Å²) in [6.45, 7) is 1.94. The number of anilines is 2. The fourth-order valence-electron chi connectivity index (χ4n) is 1.66. The molecule has 6 nitrogen and oxygen atoms in total. The first-order valence-corrected chi connectivity index (χ1v) is 5.55. The lowest BCUT2D eigenvalue weighted by molar-refractivity contribution is -0.109. The van der Waals surface area contributed by atoms with Gasteiger partial charge in [-0.15, -0.1) is 0 Å². The minimum atomic E-state index is -0.591. The standard InChI is InChI=1S/C12H19N3O3/c1-8(11(17-2)18-3)14-9-5-4-6-10(7-9)15-12(13)16/h4-8,11,14H,1-3H3,(H3,13,15,16). The van der Waals surface area contributed by atoms with Gasteiger partial charge in [-0.1, -0.05) is 6.07 Å². The smallest absolute Gasteiger partial charge is 0.316 e. The molecular weight excluding hydrogens is 234 g/mol. The van der Waals surface area contributed by atoms with Gasteiger partial charge in [0, 0.05) is 25.6 Å². The zero-order valence-corrected chi connectivity index (χ0v) is 10.8. The lowest BCUT2D eigenvalue weighted by atomic mass is 10.2. The number of urea groups is 1. The maximum atomic E-state index is 10.8. The molecular formula is C12H19N3O3. The van der Waals surface area contributed by atoms with E-state index in [1.54, 1.807) is 26.4 Å². The number of hydrogen-bond acceptors (Lipinski definition) is 4. The van der Waals surface area contributed by atoms with E-state index >= 15 is 0 Å². The molecule has 0 radical (unpaired) electrons. The van der Waals surface area contributed by atoms with Gasteiger partial charge in [-0.2, -0.15) is 0 Å². The van der Waals surface area contributed by atoms with E-state index in [1.807, 2.05) is 19.1 Å². The zero-order valence-electron chi connectivity index (χ0n) is 10.8. The van der Waals surface area contributed by atoms with Gasteiger partial charge in [-0.3, -0.25) is 0 Å². The highest BCUT2D eigenvalue weighted by Crippen LogP contribution is 2.17. The van der Waals surface area contributed by atoms with Gasteiger partial charge in [0.2, 0.25) is 0 Å². The summed E-state index contributed by atoms with van der Waals surface area (Å²) >= 11 is 0. The van der Waals surface area contributed by atoms with Crippen LogP contribution in [-0.4, -0.2) is 32.6 Å². The maximum Gasteiger partial charge on any atom is 0.316 e. The predicted octanol–water partition coefficient (Wildman–Crippen LogP) is 1.60. The fourth-order valence-corrected chi connectivity index (χ4v) is 1.66. The SMILES string of the molecule is COC(OC)C(C)Nc1cccc(NC(N)=O)c1. The molecule has 1 unspecified atom stereocenters. The highest BCUT2D eigenvalue weighted by atomic mass is 16.7. The monoisotopic (exact) mass is 253 g/mol. The Morgan fingerprint density at radius 3 is 2.44 bits per heavy atom. The lowest BCUT2D eigenvalue weighted by Gasteiger charge is -2.23. The molecule has 0 aliphatic heterocycles. The fraction of sp³-hybridized carbons (Fsp3) is 0.417. The number of amides is 2. The highest BCUT2D eigenvalue weighted by Gasteiger charge is 2.15. The first kappa shape index (κ1) is 14.3. The molecule has 0 spiro atoms. The van der Waals surface area contributed by atoms with Crippen molar-refractivity contribution >= 4 is 17.4 Å². The topological polar surface area (TPSA) is 85.6 Å². The van der Waals surface area contributed by atoms with Crippen molar-refractivity contribution in [2.45, 2.75) is 19.3 Å². The molecule has 0 heterocycles. The van der Waals surface area contributed by atoms with Crippen LogP contribution >= 0.6 is 0 Å². The molecule has 0 aliphatic carbocycles. The van der Waals surface area contributed by atoms with E-state index < -0.39 is 6.03 Å². The molecule has 0 aromatic heterocycles. The second-order valence-corrected chi connectivity index (χ2v) is 3.84. The average molecular weight is 253 g/mol. The number of carbonyl (C=O) groups is 1. The van der Waals surface area contributed by atoms with Crippen molar-refractivity contribution in [3.05, 3.63) is 24.3 Å². The molecule has 0 aliphatic rings. The molecule has 1 rings (SSSR count). The van der Waals surface area contributed by atoms with Crippen LogP contribution in [0.25, 0.3) is 0 Å². The summed E-state index contributed by atoms with van der Waals surface area (Å²) in [5.74, 6) is 0. The van der Waals surface area contributed by atoms with Crippen LogP contribution < -0.4 is 16.4 Å². The van der Waals surface area contributed by atoms with Crippen molar-refractivity contribution < 1.29 is 14.3 Å². The molecule has 100 valence electrons. The van der Waals surface area contributed by atoms with Crippen molar-refractivity contribution in [1.82, 2.24) is 0 Å². The van der Waals surface area contributed by atoms with E-state index in [9.17, 15) is 4.79 Å². The molecule has 0 saturated heterocycles. The van der Waals surface area contributed by atoms with Gasteiger partial charge in [-0.25, -0.2) is 4.79 Å². The predicted molar refractivity (Wildman–Crippen MR) is 70.5 cm³/mol. The van der Waals surface area contributed by atoms with Crippen LogP contribution in [0.3, 0.4) is 0 Å². The van der Waals surface area contributed by atoms with Crippen molar-refractivity contribution in [3.8, 4) is 0 Å². The van der Waals surface area contributed by atoms with Gasteiger partial charge in [0.25, 0.3) is 0 Å². The van der Waals surface area contributed by atoms with Gasteiger partial charge in [0.05, 0.1) is 6.04 Å². The van der Waals surface area contributed by atoms with Crippen molar-refractivity contribution in [3.63, 3.8) is 0 Å². The van der Waals surface area contributed by atoms with Crippen molar-refractivity contribution in [2.24, 2.45) is 5.73 Å². The molecule has 2 amide bonds. The maximum absolute atomic E-state index is 10.8. The Morgan fingerprint density at radius 1 is 1.28 bits per heavy atom. The average Bonchev–Trinajstić information content (AvgIpc) is 2.30. The van der Waals surface area contributed by atoms with Crippen LogP contribution in [0.2, 0.25) is 0 Å². The largest absolute Gasteiger partial charge is 0.377 e. The summed E-state index contributed by atoms with van der Waals surface area (Å²) in [5.41, 5.74) is 6.53. The van der Waals surface area contributed by atoms with Crippen molar-refractivity contribution in [1.29, 1.82) is 0 Å². The van der Waals surface area contributed by atoms with Gasteiger partial charge < -0.3 is 25.8 Å². The van der Waals surface area contributed by atoms with Crippen molar-refractivity contribution in [2.75, 3.05) is 24.9 Å². The third kappa shape index (κ3) is 4.23. The molecule has 1 atom stereocenters. The Balaban J connectivity index is 2.69. The first-order valence-electron chi connectivity index (χ1n) is 5.55. The highest BCUT2D eigenvalue weighted by molar-refractivity contribution is 5.88. The number of benzene rings is 1. The Hall–Kier alpha value is -1.79. The third-order valence-corrected chi connectivity index (χ3v) is 2.40. The van der Waals surface area contributed by atoms with E-state index in [0.717, 1.165) is 5.69 Å². The third-order valence-electron chi connectivity index (χ3n) is 2.40. The summed E-state index contributed by atoms with van der Waals surface area (Å²) in [6.07, 6.45) is -0.349.